The molecule has 24 heavy (non-hydrogen) atoms. The Bertz CT molecular complexity index is 662. The van der Waals surface area contributed by atoms with Crippen molar-refractivity contribution in [3.8, 4) is 0 Å². The van der Waals surface area contributed by atoms with Gasteiger partial charge in [-0.1, -0.05) is 26.0 Å². The van der Waals surface area contributed by atoms with Crippen LogP contribution in [0.4, 0.5) is 0 Å². The Morgan fingerprint density at radius 2 is 1.92 bits per heavy atom. The highest BCUT2D eigenvalue weighted by atomic mass is 16.1. The molecule has 0 aromatic rings. The third kappa shape index (κ3) is 1.66. The number of Topliss-reactive ketones (excluding diaryl/α,β-unsaturated/α-hetero) is 3. The number of hydrogen-bond donors (Lipinski definition) is 0. The van der Waals surface area contributed by atoms with Crippen LogP contribution in [0, 0.1) is 34.0 Å². The normalized spacial score (nSPS) is 50.2. The largest absolute Gasteiger partial charge is 0.300 e. The van der Waals surface area contributed by atoms with Gasteiger partial charge in [0.2, 0.25) is 0 Å². The van der Waals surface area contributed by atoms with Gasteiger partial charge in [0.15, 0.2) is 0 Å². The standard InChI is InChI=1S/C21H28O3/c1-13(22)14-7-8-18(24)21-12-16(23)15-6-4-5-10-19(15,2)17(21)9-11-20(14,21)3/h4-5,14-15,17H,6-12H2,1-3H3/t14-,15+,17-,19+,20-,21+/m1/s1. The van der Waals surface area contributed by atoms with E-state index in [-0.39, 0.29) is 45.9 Å². The highest BCUT2D eigenvalue weighted by molar-refractivity contribution is 5.97. The van der Waals surface area contributed by atoms with E-state index in [1.807, 2.05) is 0 Å². The first-order chi connectivity index (χ1) is 11.3. The van der Waals surface area contributed by atoms with Gasteiger partial charge in [-0.2, -0.15) is 0 Å². The lowest BCUT2D eigenvalue weighted by Gasteiger charge is -2.60. The summed E-state index contributed by atoms with van der Waals surface area (Å²) >= 11 is 0. The van der Waals surface area contributed by atoms with E-state index in [9.17, 15) is 14.4 Å². The molecule has 3 fully saturated rings. The van der Waals surface area contributed by atoms with Crippen molar-refractivity contribution in [2.24, 2.45) is 34.0 Å². The fraction of sp³-hybridized carbons (Fsp3) is 0.762. The molecule has 0 saturated heterocycles. The SMILES string of the molecule is CC(=O)[C@H]1CCC(=O)[C@]23CC(=O)[C@@H]4CC=CC[C@]4(C)[C@H]2CC[C@]13C. The van der Waals surface area contributed by atoms with Crippen LogP contribution in [0.1, 0.15) is 65.7 Å². The van der Waals surface area contributed by atoms with E-state index in [0.717, 1.165) is 25.7 Å². The van der Waals surface area contributed by atoms with Gasteiger partial charge in [-0.25, -0.2) is 0 Å². The molecule has 0 bridgehead atoms. The molecule has 0 heterocycles. The zero-order valence-corrected chi connectivity index (χ0v) is 15.1. The number of carbonyl (C=O) groups excluding carboxylic acids is 3. The fourth-order valence-electron chi connectivity index (χ4n) is 7.36. The van der Waals surface area contributed by atoms with E-state index in [2.05, 4.69) is 26.0 Å². The predicted molar refractivity (Wildman–Crippen MR) is 91.3 cm³/mol. The maximum Gasteiger partial charge on any atom is 0.140 e. The maximum absolute atomic E-state index is 13.3. The summed E-state index contributed by atoms with van der Waals surface area (Å²) in [5.74, 6) is 0.986. The van der Waals surface area contributed by atoms with Gasteiger partial charge in [0, 0.05) is 30.1 Å². The van der Waals surface area contributed by atoms with Gasteiger partial charge in [-0.05, 0) is 55.8 Å². The average molecular weight is 328 g/mol. The molecule has 0 N–H and O–H groups in total. The molecule has 1 spiro atoms. The predicted octanol–water partition coefficient (Wildman–Crippen LogP) is 3.90. The van der Waals surface area contributed by atoms with Crippen molar-refractivity contribution >= 4 is 17.3 Å². The molecule has 3 saturated carbocycles. The molecular formula is C21H28O3. The lowest BCUT2D eigenvalue weighted by Crippen LogP contribution is -2.63. The fourth-order valence-corrected chi connectivity index (χ4v) is 7.36. The number of ketones is 3. The molecule has 0 aromatic carbocycles. The van der Waals surface area contributed by atoms with Crippen LogP contribution in [0.3, 0.4) is 0 Å². The van der Waals surface area contributed by atoms with Gasteiger partial charge in [0.05, 0.1) is 0 Å². The Kier molecular flexibility index (Phi) is 3.31. The minimum absolute atomic E-state index is 0.0611. The van der Waals surface area contributed by atoms with Crippen LogP contribution in [0.25, 0.3) is 0 Å². The van der Waals surface area contributed by atoms with Crippen molar-refractivity contribution in [1.82, 2.24) is 0 Å². The molecule has 0 radical (unpaired) electrons. The molecule has 4 rings (SSSR count). The summed E-state index contributed by atoms with van der Waals surface area (Å²) in [5, 5.41) is 0. The van der Waals surface area contributed by atoms with Crippen molar-refractivity contribution < 1.29 is 14.4 Å². The van der Waals surface area contributed by atoms with Crippen LogP contribution in [0.2, 0.25) is 0 Å². The molecular weight excluding hydrogens is 300 g/mol. The van der Waals surface area contributed by atoms with E-state index < -0.39 is 5.41 Å². The number of hydrogen-bond acceptors (Lipinski definition) is 3. The summed E-state index contributed by atoms with van der Waals surface area (Å²) < 4.78 is 0. The second-order valence-corrected chi connectivity index (χ2v) is 9.22. The monoisotopic (exact) mass is 328 g/mol. The quantitative estimate of drug-likeness (QED) is 0.686. The lowest BCUT2D eigenvalue weighted by molar-refractivity contribution is -0.176. The molecule has 0 unspecified atom stereocenters. The first-order valence-electron chi connectivity index (χ1n) is 9.49. The average Bonchev–Trinajstić information content (AvgIpc) is 2.83. The Labute approximate surface area is 144 Å². The second kappa shape index (κ2) is 4.89. The molecule has 0 aliphatic heterocycles. The van der Waals surface area contributed by atoms with E-state index in [0.29, 0.717) is 19.3 Å². The minimum atomic E-state index is -0.588. The lowest BCUT2D eigenvalue weighted by atomic mass is 9.41. The first-order valence-corrected chi connectivity index (χ1v) is 9.49. The smallest absolute Gasteiger partial charge is 0.140 e. The molecule has 6 atom stereocenters. The van der Waals surface area contributed by atoms with Gasteiger partial charge < -0.3 is 0 Å². The van der Waals surface area contributed by atoms with Gasteiger partial charge in [0.25, 0.3) is 0 Å². The molecule has 3 heteroatoms. The van der Waals surface area contributed by atoms with Gasteiger partial charge in [-0.3, -0.25) is 14.4 Å². The first kappa shape index (κ1) is 16.2. The zero-order chi connectivity index (χ0) is 17.3. The molecule has 0 amide bonds. The topological polar surface area (TPSA) is 51.2 Å². The Morgan fingerprint density at radius 3 is 2.62 bits per heavy atom. The van der Waals surface area contributed by atoms with Gasteiger partial charge in [0.1, 0.15) is 17.3 Å². The second-order valence-electron chi connectivity index (χ2n) is 9.22. The Hall–Kier alpha value is -1.25. The number of fused-ring (bicyclic) bond motifs is 2. The highest BCUT2D eigenvalue weighted by Crippen LogP contribution is 2.73. The van der Waals surface area contributed by atoms with Crippen molar-refractivity contribution in [2.45, 2.75) is 65.7 Å². The van der Waals surface area contributed by atoms with Crippen molar-refractivity contribution in [3.63, 3.8) is 0 Å². The van der Waals surface area contributed by atoms with Gasteiger partial charge in [-0.15, -0.1) is 0 Å². The summed E-state index contributed by atoms with van der Waals surface area (Å²) in [6, 6.07) is 0. The summed E-state index contributed by atoms with van der Waals surface area (Å²) in [6.07, 6.45) is 9.48. The molecule has 130 valence electrons. The molecule has 4 aliphatic carbocycles. The molecule has 0 aromatic heterocycles. The van der Waals surface area contributed by atoms with E-state index in [1.54, 1.807) is 6.92 Å². The maximum atomic E-state index is 13.3. The Balaban J connectivity index is 1.89. The number of allylic oxidation sites excluding steroid dienone is 2. The third-order valence-electron chi connectivity index (χ3n) is 8.51. The van der Waals surface area contributed by atoms with Crippen LogP contribution in [-0.2, 0) is 14.4 Å². The van der Waals surface area contributed by atoms with Crippen LogP contribution in [-0.4, -0.2) is 17.3 Å². The number of rotatable bonds is 1. The third-order valence-corrected chi connectivity index (χ3v) is 8.51. The summed E-state index contributed by atoms with van der Waals surface area (Å²) in [7, 11) is 0. The summed E-state index contributed by atoms with van der Waals surface area (Å²) in [6.45, 7) is 6.05. The van der Waals surface area contributed by atoms with Crippen LogP contribution >= 0.6 is 0 Å². The number of carbonyl (C=O) groups is 3. The molecule has 4 aliphatic rings. The van der Waals surface area contributed by atoms with Crippen LogP contribution in [0.5, 0.6) is 0 Å². The van der Waals surface area contributed by atoms with Crippen LogP contribution in [0.15, 0.2) is 12.2 Å². The van der Waals surface area contributed by atoms with E-state index in [4.69, 9.17) is 0 Å². The van der Waals surface area contributed by atoms with Crippen molar-refractivity contribution in [3.05, 3.63) is 12.2 Å². The molecule has 3 nitrogen and oxygen atoms in total. The van der Waals surface area contributed by atoms with E-state index >= 15 is 0 Å². The summed E-state index contributed by atoms with van der Waals surface area (Å²) in [5.41, 5.74) is -1.03. The summed E-state index contributed by atoms with van der Waals surface area (Å²) in [4.78, 5) is 38.8. The van der Waals surface area contributed by atoms with Gasteiger partial charge >= 0.3 is 0 Å². The zero-order valence-electron chi connectivity index (χ0n) is 15.1. The van der Waals surface area contributed by atoms with Crippen molar-refractivity contribution in [2.75, 3.05) is 0 Å². The van der Waals surface area contributed by atoms with Crippen LogP contribution < -0.4 is 0 Å². The highest BCUT2D eigenvalue weighted by Gasteiger charge is 2.73. The van der Waals surface area contributed by atoms with Crippen molar-refractivity contribution in [1.29, 1.82) is 0 Å². The Morgan fingerprint density at radius 1 is 1.17 bits per heavy atom. The van der Waals surface area contributed by atoms with E-state index in [1.165, 1.54) is 0 Å². The minimum Gasteiger partial charge on any atom is -0.300 e.